The number of nitrogens with zero attached hydrogens (tertiary/aromatic N) is 1. The summed E-state index contributed by atoms with van der Waals surface area (Å²) in [6.45, 7) is 5.63. The Morgan fingerprint density at radius 2 is 1.92 bits per heavy atom. The number of hydrogen-bond donors (Lipinski definition) is 2. The Morgan fingerprint density at radius 1 is 1.25 bits per heavy atom. The number of aromatic nitrogens is 1. The van der Waals surface area contributed by atoms with Crippen LogP contribution in [-0.4, -0.2) is 42.9 Å². The number of benzene rings is 1. The number of ether oxygens (including phenoxy) is 2. The lowest BCUT2D eigenvalue weighted by molar-refractivity contribution is 0.0892. The molecule has 0 bridgehead atoms. The summed E-state index contributed by atoms with van der Waals surface area (Å²) < 4.78 is 10.7. The summed E-state index contributed by atoms with van der Waals surface area (Å²) >= 11 is 0. The van der Waals surface area contributed by atoms with Gasteiger partial charge in [0.2, 0.25) is 0 Å². The molecule has 0 saturated heterocycles. The molecule has 2 aromatic rings. The average molecular weight is 332 g/mol. The summed E-state index contributed by atoms with van der Waals surface area (Å²) in [4.78, 5) is 17.0. The van der Waals surface area contributed by atoms with Gasteiger partial charge in [0.15, 0.2) is 0 Å². The molecule has 1 unspecified atom stereocenters. The van der Waals surface area contributed by atoms with Gasteiger partial charge in [0, 0.05) is 17.0 Å². The minimum absolute atomic E-state index is 0.114. The number of aryl methyl sites for hydroxylation is 1. The summed E-state index contributed by atoms with van der Waals surface area (Å²) in [5.74, 6) is 1.04. The lowest BCUT2D eigenvalue weighted by Crippen LogP contribution is -2.41. The van der Waals surface area contributed by atoms with E-state index < -0.39 is 0 Å². The lowest BCUT2D eigenvalue weighted by Gasteiger charge is -2.20. The van der Waals surface area contributed by atoms with Crippen LogP contribution in [0.1, 0.15) is 29.9 Å². The normalized spacial score (nSPS) is 12.3. The molecule has 0 spiro atoms. The van der Waals surface area contributed by atoms with Crippen molar-refractivity contribution in [2.45, 2.75) is 26.8 Å². The third-order valence-corrected chi connectivity index (χ3v) is 4.14. The fourth-order valence-corrected chi connectivity index (χ4v) is 2.55. The van der Waals surface area contributed by atoms with Gasteiger partial charge in [-0.1, -0.05) is 13.8 Å². The Balaban J connectivity index is 2.51. The van der Waals surface area contributed by atoms with Crippen molar-refractivity contribution in [2.75, 3.05) is 20.8 Å². The maximum Gasteiger partial charge on any atom is 0.270 e. The SMILES string of the molecule is COc1ccc2c(OC)cc(C(=O)NC(CO)C(C)C)nc2c1C. The van der Waals surface area contributed by atoms with E-state index in [1.54, 1.807) is 20.3 Å². The second kappa shape index (κ2) is 7.49. The third kappa shape index (κ3) is 3.43. The van der Waals surface area contributed by atoms with Crippen LogP contribution in [0.2, 0.25) is 0 Å². The molecular weight excluding hydrogens is 308 g/mol. The van der Waals surface area contributed by atoms with Crippen molar-refractivity contribution < 1.29 is 19.4 Å². The van der Waals surface area contributed by atoms with Gasteiger partial charge < -0.3 is 19.9 Å². The van der Waals surface area contributed by atoms with Crippen LogP contribution in [0.15, 0.2) is 18.2 Å². The smallest absolute Gasteiger partial charge is 0.270 e. The first-order valence-corrected chi connectivity index (χ1v) is 7.87. The van der Waals surface area contributed by atoms with E-state index in [0.717, 1.165) is 10.9 Å². The molecule has 1 amide bonds. The molecule has 1 heterocycles. The second-order valence-corrected chi connectivity index (χ2v) is 6.01. The molecule has 2 rings (SSSR count). The monoisotopic (exact) mass is 332 g/mol. The van der Waals surface area contributed by atoms with Gasteiger partial charge in [0.1, 0.15) is 17.2 Å². The molecule has 24 heavy (non-hydrogen) atoms. The van der Waals surface area contributed by atoms with Crippen LogP contribution in [0.5, 0.6) is 11.5 Å². The minimum atomic E-state index is -0.342. The zero-order valence-corrected chi connectivity index (χ0v) is 14.7. The van der Waals surface area contributed by atoms with Gasteiger partial charge in [-0.3, -0.25) is 4.79 Å². The summed E-state index contributed by atoms with van der Waals surface area (Å²) in [6, 6.07) is 4.99. The maximum atomic E-state index is 12.5. The molecule has 130 valence electrons. The predicted octanol–water partition coefficient (Wildman–Crippen LogP) is 2.31. The van der Waals surface area contributed by atoms with Crippen molar-refractivity contribution in [1.29, 1.82) is 0 Å². The molecule has 0 radical (unpaired) electrons. The van der Waals surface area contributed by atoms with E-state index in [4.69, 9.17) is 9.47 Å². The van der Waals surface area contributed by atoms with Crippen LogP contribution in [0.4, 0.5) is 0 Å². The number of hydrogen-bond acceptors (Lipinski definition) is 5. The van der Waals surface area contributed by atoms with Gasteiger partial charge in [-0.25, -0.2) is 4.98 Å². The average Bonchev–Trinajstić information content (AvgIpc) is 2.58. The number of carbonyl (C=O) groups excluding carboxylic acids is 1. The summed E-state index contributed by atoms with van der Waals surface area (Å²) in [7, 11) is 3.15. The number of aliphatic hydroxyl groups is 1. The topological polar surface area (TPSA) is 80.7 Å². The van der Waals surface area contributed by atoms with Gasteiger partial charge in [-0.15, -0.1) is 0 Å². The van der Waals surface area contributed by atoms with E-state index in [9.17, 15) is 9.90 Å². The number of rotatable bonds is 6. The number of amides is 1. The molecule has 1 aromatic heterocycles. The van der Waals surface area contributed by atoms with Crippen LogP contribution in [-0.2, 0) is 0 Å². The Hall–Kier alpha value is -2.34. The fourth-order valence-electron chi connectivity index (χ4n) is 2.55. The summed E-state index contributed by atoms with van der Waals surface area (Å²) in [6.07, 6.45) is 0. The van der Waals surface area contributed by atoms with Crippen molar-refractivity contribution >= 4 is 16.8 Å². The molecule has 2 N–H and O–H groups in total. The largest absolute Gasteiger partial charge is 0.496 e. The lowest BCUT2D eigenvalue weighted by atomic mass is 10.0. The first-order valence-electron chi connectivity index (χ1n) is 7.87. The van der Waals surface area contributed by atoms with Crippen molar-refractivity contribution in [2.24, 2.45) is 5.92 Å². The molecule has 0 saturated carbocycles. The number of pyridine rings is 1. The van der Waals surface area contributed by atoms with Crippen LogP contribution in [0.25, 0.3) is 10.9 Å². The van der Waals surface area contributed by atoms with Crippen LogP contribution < -0.4 is 14.8 Å². The van der Waals surface area contributed by atoms with Crippen LogP contribution in [0, 0.1) is 12.8 Å². The zero-order chi connectivity index (χ0) is 17.9. The van der Waals surface area contributed by atoms with Crippen molar-refractivity contribution in [1.82, 2.24) is 10.3 Å². The molecule has 0 aliphatic rings. The number of nitrogens with one attached hydrogen (secondary N) is 1. The number of methoxy groups -OCH3 is 2. The highest BCUT2D eigenvalue weighted by molar-refractivity contribution is 5.98. The van der Waals surface area contributed by atoms with E-state index in [1.807, 2.05) is 32.9 Å². The predicted molar refractivity (Wildman–Crippen MR) is 92.8 cm³/mol. The van der Waals surface area contributed by atoms with E-state index in [1.165, 1.54) is 0 Å². The van der Waals surface area contributed by atoms with Gasteiger partial charge in [0.05, 0.1) is 32.4 Å². The molecule has 1 aromatic carbocycles. The number of aliphatic hydroxyl groups excluding tert-OH is 1. The fraction of sp³-hybridized carbons (Fsp3) is 0.444. The highest BCUT2D eigenvalue weighted by atomic mass is 16.5. The minimum Gasteiger partial charge on any atom is -0.496 e. The Morgan fingerprint density at radius 3 is 2.46 bits per heavy atom. The molecule has 1 atom stereocenters. The molecular formula is C18H24N2O4. The van der Waals surface area contributed by atoms with Gasteiger partial charge in [0.25, 0.3) is 5.91 Å². The summed E-state index contributed by atoms with van der Waals surface area (Å²) in [5.41, 5.74) is 1.74. The second-order valence-electron chi connectivity index (χ2n) is 6.01. The maximum absolute atomic E-state index is 12.5. The molecule has 6 nitrogen and oxygen atoms in total. The summed E-state index contributed by atoms with van der Waals surface area (Å²) in [5, 5.41) is 13.0. The quantitative estimate of drug-likeness (QED) is 0.848. The first kappa shape index (κ1) is 18.0. The molecule has 0 aliphatic carbocycles. The van der Waals surface area contributed by atoms with E-state index in [0.29, 0.717) is 17.0 Å². The van der Waals surface area contributed by atoms with Crippen molar-refractivity contribution in [3.05, 3.63) is 29.5 Å². The zero-order valence-electron chi connectivity index (χ0n) is 14.7. The van der Waals surface area contributed by atoms with Crippen LogP contribution >= 0.6 is 0 Å². The number of carbonyl (C=O) groups is 1. The van der Waals surface area contributed by atoms with Gasteiger partial charge >= 0.3 is 0 Å². The third-order valence-electron chi connectivity index (χ3n) is 4.14. The molecule has 0 aliphatic heterocycles. The number of fused-ring (bicyclic) bond motifs is 1. The molecule has 6 heteroatoms. The Kier molecular flexibility index (Phi) is 5.62. The van der Waals surface area contributed by atoms with Gasteiger partial charge in [-0.2, -0.15) is 0 Å². The van der Waals surface area contributed by atoms with Crippen molar-refractivity contribution in [3.8, 4) is 11.5 Å². The Labute approximate surface area is 141 Å². The standard InChI is InChI=1S/C18H24N2O4/c1-10(2)14(9-21)20-18(22)13-8-16(24-5)12-6-7-15(23-4)11(3)17(12)19-13/h6-8,10,14,21H,9H2,1-5H3,(H,20,22). The van der Waals surface area contributed by atoms with E-state index in [2.05, 4.69) is 10.3 Å². The highest BCUT2D eigenvalue weighted by Crippen LogP contribution is 2.32. The van der Waals surface area contributed by atoms with Crippen LogP contribution in [0.3, 0.4) is 0 Å². The van der Waals surface area contributed by atoms with Crippen molar-refractivity contribution in [3.63, 3.8) is 0 Å². The first-order chi connectivity index (χ1) is 11.4. The van der Waals surface area contributed by atoms with E-state index >= 15 is 0 Å². The Bertz CT molecular complexity index is 743. The highest BCUT2D eigenvalue weighted by Gasteiger charge is 2.20. The van der Waals surface area contributed by atoms with E-state index in [-0.39, 0.29) is 30.2 Å². The van der Waals surface area contributed by atoms with Gasteiger partial charge in [-0.05, 0) is 25.0 Å². The molecule has 0 fully saturated rings.